The van der Waals surface area contributed by atoms with Crippen molar-refractivity contribution in [2.45, 2.75) is 12.5 Å². The van der Waals surface area contributed by atoms with Crippen molar-refractivity contribution in [3.05, 3.63) is 42.5 Å². The average Bonchev–Trinajstić information content (AvgIpc) is 2.44. The molecule has 0 saturated carbocycles. The van der Waals surface area contributed by atoms with Gasteiger partial charge in [-0.1, -0.05) is 24.8 Å². The van der Waals surface area contributed by atoms with Crippen LogP contribution in [0.15, 0.2) is 36.9 Å². The fraction of sp³-hybridized carbons (Fsp3) is 0.231. The number of ether oxygens (including phenoxy) is 1. The molecule has 108 valence electrons. The van der Waals surface area contributed by atoms with Gasteiger partial charge in [0.15, 0.2) is 0 Å². The largest absolute Gasteiger partial charge is 0.490 e. The zero-order valence-corrected chi connectivity index (χ0v) is 10.8. The van der Waals surface area contributed by atoms with Crippen LogP contribution < -0.4 is 21.3 Å². The van der Waals surface area contributed by atoms with Crippen LogP contribution >= 0.6 is 0 Å². The van der Waals surface area contributed by atoms with Crippen LogP contribution in [0.1, 0.15) is 5.56 Å². The van der Waals surface area contributed by atoms with Crippen LogP contribution in [-0.2, 0) is 11.2 Å². The number of benzene rings is 1. The summed E-state index contributed by atoms with van der Waals surface area (Å²) < 4.78 is 5.32. The minimum absolute atomic E-state index is 0.192. The third-order valence-electron chi connectivity index (χ3n) is 2.49. The summed E-state index contributed by atoms with van der Waals surface area (Å²) >= 11 is 0. The van der Waals surface area contributed by atoms with E-state index in [0.29, 0.717) is 12.4 Å². The van der Waals surface area contributed by atoms with Gasteiger partial charge < -0.3 is 15.2 Å². The molecule has 20 heavy (non-hydrogen) atoms. The predicted octanol–water partition coefficient (Wildman–Crippen LogP) is 0.420. The Balaban J connectivity index is 2.70. The molecule has 0 aliphatic carbocycles. The maximum absolute atomic E-state index is 11.5. The van der Waals surface area contributed by atoms with Crippen LogP contribution in [0.5, 0.6) is 5.75 Å². The molecule has 1 aromatic carbocycles. The van der Waals surface area contributed by atoms with Gasteiger partial charge in [-0.3, -0.25) is 10.2 Å². The van der Waals surface area contributed by atoms with Gasteiger partial charge in [-0.15, -0.1) is 0 Å². The van der Waals surface area contributed by atoms with Crippen molar-refractivity contribution in [2.24, 2.45) is 5.84 Å². The van der Waals surface area contributed by atoms with Crippen LogP contribution in [0.2, 0.25) is 0 Å². The summed E-state index contributed by atoms with van der Waals surface area (Å²) in [5.74, 6) is 5.09. The first-order chi connectivity index (χ1) is 9.56. The lowest BCUT2D eigenvalue weighted by Gasteiger charge is -2.15. The number of carbonyl (C=O) groups is 2. The van der Waals surface area contributed by atoms with Crippen molar-refractivity contribution in [1.82, 2.24) is 10.7 Å². The van der Waals surface area contributed by atoms with E-state index >= 15 is 0 Å². The van der Waals surface area contributed by atoms with E-state index in [1.165, 1.54) is 0 Å². The average molecular weight is 279 g/mol. The molecule has 0 spiro atoms. The zero-order chi connectivity index (χ0) is 15.0. The van der Waals surface area contributed by atoms with Crippen molar-refractivity contribution in [1.29, 1.82) is 0 Å². The molecule has 0 fully saturated rings. The van der Waals surface area contributed by atoms with E-state index in [-0.39, 0.29) is 6.42 Å². The van der Waals surface area contributed by atoms with Gasteiger partial charge in [0.05, 0.1) is 0 Å². The van der Waals surface area contributed by atoms with Crippen LogP contribution in [0, 0.1) is 0 Å². The summed E-state index contributed by atoms with van der Waals surface area (Å²) in [4.78, 5) is 22.1. The van der Waals surface area contributed by atoms with Crippen LogP contribution in [0.4, 0.5) is 4.79 Å². The van der Waals surface area contributed by atoms with E-state index in [9.17, 15) is 9.59 Å². The Morgan fingerprint density at radius 1 is 1.40 bits per heavy atom. The second-order valence-corrected chi connectivity index (χ2v) is 3.96. The third-order valence-corrected chi connectivity index (χ3v) is 2.49. The molecule has 7 nitrogen and oxygen atoms in total. The zero-order valence-electron chi connectivity index (χ0n) is 10.8. The standard InChI is InChI=1S/C13H17N3O4/c1-2-7-20-10-5-3-9(4-6-10)8-11(12(17)16-14)15-13(18)19/h2-6,11,15H,1,7-8,14H2,(H,16,17)(H,18,19). The molecule has 0 aliphatic rings. The van der Waals surface area contributed by atoms with Crippen LogP contribution in [0.3, 0.4) is 0 Å². The Bertz CT molecular complexity index is 473. The molecule has 0 aliphatic heterocycles. The van der Waals surface area contributed by atoms with Crippen molar-refractivity contribution in [2.75, 3.05) is 6.61 Å². The highest BCUT2D eigenvalue weighted by atomic mass is 16.5. The molecule has 0 saturated heterocycles. The monoisotopic (exact) mass is 279 g/mol. The Morgan fingerprint density at radius 2 is 2.05 bits per heavy atom. The van der Waals surface area contributed by atoms with Gasteiger partial charge in [0.2, 0.25) is 0 Å². The van der Waals surface area contributed by atoms with E-state index in [0.717, 1.165) is 5.56 Å². The fourth-order valence-electron chi connectivity index (χ4n) is 1.57. The van der Waals surface area contributed by atoms with E-state index < -0.39 is 18.0 Å². The topological polar surface area (TPSA) is 114 Å². The van der Waals surface area contributed by atoms with Gasteiger partial charge in [0.25, 0.3) is 5.91 Å². The molecule has 1 aromatic rings. The Labute approximate surface area is 116 Å². The molecule has 0 heterocycles. The first-order valence-corrected chi connectivity index (χ1v) is 5.89. The summed E-state index contributed by atoms with van der Waals surface area (Å²) in [6, 6.07) is 6.02. The van der Waals surface area contributed by atoms with E-state index in [1.807, 2.05) is 5.43 Å². The van der Waals surface area contributed by atoms with Crippen molar-refractivity contribution < 1.29 is 19.4 Å². The smallest absolute Gasteiger partial charge is 0.405 e. The maximum Gasteiger partial charge on any atom is 0.405 e. The summed E-state index contributed by atoms with van der Waals surface area (Å²) in [6.45, 7) is 3.94. The van der Waals surface area contributed by atoms with Crippen molar-refractivity contribution in [3.63, 3.8) is 0 Å². The molecule has 1 unspecified atom stereocenters. The number of amides is 2. The third kappa shape index (κ3) is 4.99. The van der Waals surface area contributed by atoms with Crippen LogP contribution in [-0.4, -0.2) is 29.8 Å². The number of hydrogen-bond donors (Lipinski definition) is 4. The predicted molar refractivity (Wildman–Crippen MR) is 73.1 cm³/mol. The fourth-order valence-corrected chi connectivity index (χ4v) is 1.57. The highest BCUT2D eigenvalue weighted by Crippen LogP contribution is 2.13. The number of carboxylic acid groups (broad SMARTS) is 1. The van der Waals surface area contributed by atoms with E-state index in [2.05, 4.69) is 11.9 Å². The van der Waals surface area contributed by atoms with Crippen LogP contribution in [0.25, 0.3) is 0 Å². The van der Waals surface area contributed by atoms with E-state index in [4.69, 9.17) is 15.7 Å². The lowest BCUT2D eigenvalue weighted by molar-refractivity contribution is -0.123. The summed E-state index contributed by atoms with van der Waals surface area (Å²) in [5, 5.41) is 10.8. The molecule has 7 heteroatoms. The molecule has 0 radical (unpaired) electrons. The van der Waals surface area contributed by atoms with Gasteiger partial charge in [-0.2, -0.15) is 0 Å². The molecular formula is C13H17N3O4. The van der Waals surface area contributed by atoms with Gasteiger partial charge in [0.1, 0.15) is 18.4 Å². The minimum atomic E-state index is -1.29. The van der Waals surface area contributed by atoms with Gasteiger partial charge >= 0.3 is 6.09 Å². The highest BCUT2D eigenvalue weighted by molar-refractivity contribution is 5.85. The summed E-state index contributed by atoms with van der Waals surface area (Å²) in [5.41, 5.74) is 2.71. The number of carbonyl (C=O) groups excluding carboxylic acids is 1. The second kappa shape index (κ2) is 7.80. The molecule has 2 amide bonds. The van der Waals surface area contributed by atoms with Crippen molar-refractivity contribution >= 4 is 12.0 Å². The van der Waals surface area contributed by atoms with Gasteiger partial charge in [0, 0.05) is 6.42 Å². The second-order valence-electron chi connectivity index (χ2n) is 3.96. The number of nitrogens with one attached hydrogen (secondary N) is 2. The molecule has 1 rings (SSSR count). The molecular weight excluding hydrogens is 262 g/mol. The Hall–Kier alpha value is -2.54. The Kier molecular flexibility index (Phi) is 6.05. The first kappa shape index (κ1) is 15.5. The molecule has 0 aromatic heterocycles. The lowest BCUT2D eigenvalue weighted by Crippen LogP contribution is -2.49. The summed E-state index contributed by atoms with van der Waals surface area (Å²) in [6.07, 6.45) is 0.535. The summed E-state index contributed by atoms with van der Waals surface area (Å²) in [7, 11) is 0. The minimum Gasteiger partial charge on any atom is -0.490 e. The van der Waals surface area contributed by atoms with Gasteiger partial charge in [-0.05, 0) is 17.7 Å². The van der Waals surface area contributed by atoms with E-state index in [1.54, 1.807) is 30.3 Å². The lowest BCUT2D eigenvalue weighted by atomic mass is 10.1. The first-order valence-electron chi connectivity index (χ1n) is 5.89. The quantitative estimate of drug-likeness (QED) is 0.250. The number of nitrogens with two attached hydrogens (primary N) is 1. The maximum atomic E-state index is 11.5. The molecule has 1 atom stereocenters. The Morgan fingerprint density at radius 3 is 2.55 bits per heavy atom. The highest BCUT2D eigenvalue weighted by Gasteiger charge is 2.19. The molecule has 0 bridgehead atoms. The number of rotatable bonds is 7. The number of hydrazine groups is 1. The SMILES string of the molecule is C=CCOc1ccc(CC(NC(=O)O)C(=O)NN)cc1. The van der Waals surface area contributed by atoms with Crippen molar-refractivity contribution in [3.8, 4) is 5.75 Å². The van der Waals surface area contributed by atoms with Gasteiger partial charge in [-0.25, -0.2) is 10.6 Å². The number of hydrogen-bond acceptors (Lipinski definition) is 4. The molecule has 5 N–H and O–H groups in total. The normalized spacial score (nSPS) is 11.2.